The molecule has 1 amide bonds. The molecule has 0 bridgehead atoms. The molecule has 1 aliphatic heterocycles. The first kappa shape index (κ1) is 18.4. The van der Waals surface area contributed by atoms with E-state index >= 15 is 0 Å². The molecule has 26 heavy (non-hydrogen) atoms. The van der Waals surface area contributed by atoms with E-state index in [1.807, 2.05) is 4.90 Å². The van der Waals surface area contributed by atoms with Crippen LogP contribution in [-0.4, -0.2) is 60.5 Å². The first-order chi connectivity index (χ1) is 12.7. The van der Waals surface area contributed by atoms with E-state index in [4.69, 9.17) is 4.74 Å². The molecule has 0 aliphatic carbocycles. The number of aromatic nitrogens is 1. The van der Waals surface area contributed by atoms with E-state index in [1.54, 1.807) is 25.4 Å². The molecule has 1 aromatic carbocycles. The summed E-state index contributed by atoms with van der Waals surface area (Å²) in [5, 5.41) is 0. The normalized spacial score (nSPS) is 16.8. The van der Waals surface area contributed by atoms with Gasteiger partial charge in [-0.2, -0.15) is 0 Å². The topological polar surface area (TPSA) is 45.7 Å². The van der Waals surface area contributed by atoms with E-state index in [0.29, 0.717) is 17.4 Å². The monoisotopic (exact) mass is 353 g/mol. The van der Waals surface area contributed by atoms with Crippen molar-refractivity contribution in [3.63, 3.8) is 0 Å². The Morgan fingerprint density at radius 1 is 1.15 bits per heavy atom. The number of methoxy groups -OCH3 is 1. The molecule has 1 saturated heterocycles. The quantitative estimate of drug-likeness (QED) is 0.829. The van der Waals surface area contributed by atoms with E-state index in [0.717, 1.165) is 39.1 Å². The molecule has 2 aromatic rings. The fourth-order valence-corrected chi connectivity index (χ4v) is 3.47. The van der Waals surface area contributed by atoms with Crippen LogP contribution in [0.4, 0.5) is 0 Å². The van der Waals surface area contributed by atoms with Crippen molar-refractivity contribution in [1.29, 1.82) is 0 Å². The van der Waals surface area contributed by atoms with Gasteiger partial charge in [-0.25, -0.2) is 4.98 Å². The van der Waals surface area contributed by atoms with Crippen molar-refractivity contribution in [2.24, 2.45) is 0 Å². The summed E-state index contributed by atoms with van der Waals surface area (Å²) in [6, 6.07) is 14.1. The number of nitrogens with zero attached hydrogens (tertiary/aromatic N) is 3. The lowest BCUT2D eigenvalue weighted by Gasteiger charge is -2.25. The van der Waals surface area contributed by atoms with Gasteiger partial charge in [0.05, 0.1) is 7.11 Å². The van der Waals surface area contributed by atoms with Crippen molar-refractivity contribution in [3.8, 4) is 5.88 Å². The largest absolute Gasteiger partial charge is 0.481 e. The summed E-state index contributed by atoms with van der Waals surface area (Å²) >= 11 is 0. The van der Waals surface area contributed by atoms with Gasteiger partial charge in [0.15, 0.2) is 0 Å². The molecule has 1 fully saturated rings. The molecule has 5 heteroatoms. The van der Waals surface area contributed by atoms with Gasteiger partial charge < -0.3 is 14.5 Å². The number of rotatable bonds is 5. The average molecular weight is 353 g/mol. The molecule has 0 N–H and O–H groups in total. The Morgan fingerprint density at radius 2 is 1.96 bits per heavy atom. The van der Waals surface area contributed by atoms with Gasteiger partial charge >= 0.3 is 0 Å². The van der Waals surface area contributed by atoms with Crippen LogP contribution in [0.2, 0.25) is 0 Å². The third kappa shape index (κ3) is 4.61. The number of benzene rings is 1. The van der Waals surface area contributed by atoms with E-state index in [-0.39, 0.29) is 5.91 Å². The van der Waals surface area contributed by atoms with E-state index in [9.17, 15) is 4.79 Å². The molecule has 3 rings (SSSR count). The standard InChI is InChI=1S/C21H27N3O2/c1-17(18-7-4-3-5-8-18)16-23-11-6-12-24(14-13-23)21(25)19-9-10-22-20(15-19)26-2/h3-5,7-10,15,17H,6,11-14,16H2,1-2H3. The molecular weight excluding hydrogens is 326 g/mol. The zero-order chi connectivity index (χ0) is 18.4. The number of pyridine rings is 1. The summed E-state index contributed by atoms with van der Waals surface area (Å²) < 4.78 is 5.13. The van der Waals surface area contributed by atoms with Crippen LogP contribution in [0.3, 0.4) is 0 Å². The predicted octanol–water partition coefficient (Wildman–Crippen LogP) is 3.04. The molecule has 1 atom stereocenters. The number of hydrogen-bond acceptors (Lipinski definition) is 4. The number of carbonyl (C=O) groups excluding carboxylic acids is 1. The molecule has 1 aromatic heterocycles. The summed E-state index contributed by atoms with van der Waals surface area (Å²) in [4.78, 5) is 21.3. The molecule has 0 spiro atoms. The minimum atomic E-state index is 0.0589. The fourth-order valence-electron chi connectivity index (χ4n) is 3.47. The van der Waals surface area contributed by atoms with Crippen molar-refractivity contribution in [1.82, 2.24) is 14.8 Å². The SMILES string of the molecule is COc1cc(C(=O)N2CCCN(CC(C)c3ccccc3)CC2)ccn1. The molecule has 138 valence electrons. The molecule has 1 aliphatic rings. The second-order valence-electron chi connectivity index (χ2n) is 6.84. The maximum atomic E-state index is 12.8. The number of carbonyl (C=O) groups is 1. The molecule has 0 radical (unpaired) electrons. The smallest absolute Gasteiger partial charge is 0.254 e. The van der Waals surface area contributed by atoms with E-state index < -0.39 is 0 Å². The van der Waals surface area contributed by atoms with Gasteiger partial charge in [-0.3, -0.25) is 4.79 Å². The summed E-state index contributed by atoms with van der Waals surface area (Å²) in [5.41, 5.74) is 2.01. The van der Waals surface area contributed by atoms with Crippen molar-refractivity contribution < 1.29 is 9.53 Å². The third-order valence-corrected chi connectivity index (χ3v) is 4.97. The highest BCUT2D eigenvalue weighted by atomic mass is 16.5. The van der Waals surface area contributed by atoms with Crippen molar-refractivity contribution in [2.75, 3.05) is 39.8 Å². The van der Waals surface area contributed by atoms with Crippen LogP contribution in [0.1, 0.15) is 35.2 Å². The van der Waals surface area contributed by atoms with Crippen LogP contribution >= 0.6 is 0 Å². The highest BCUT2D eigenvalue weighted by Gasteiger charge is 2.22. The van der Waals surface area contributed by atoms with Gasteiger partial charge in [0.1, 0.15) is 0 Å². The molecule has 0 saturated carbocycles. The van der Waals surface area contributed by atoms with Crippen LogP contribution in [-0.2, 0) is 0 Å². The lowest BCUT2D eigenvalue weighted by Crippen LogP contribution is -2.36. The lowest BCUT2D eigenvalue weighted by molar-refractivity contribution is 0.0760. The maximum Gasteiger partial charge on any atom is 0.254 e. The minimum absolute atomic E-state index is 0.0589. The van der Waals surface area contributed by atoms with Crippen molar-refractivity contribution in [2.45, 2.75) is 19.3 Å². The predicted molar refractivity (Wildman–Crippen MR) is 103 cm³/mol. The zero-order valence-corrected chi connectivity index (χ0v) is 15.6. The first-order valence-electron chi connectivity index (χ1n) is 9.24. The van der Waals surface area contributed by atoms with Crippen LogP contribution in [0.25, 0.3) is 0 Å². The van der Waals surface area contributed by atoms with Gasteiger partial charge in [0, 0.05) is 44.0 Å². The Bertz CT molecular complexity index is 720. The molecular formula is C21H27N3O2. The van der Waals surface area contributed by atoms with E-state index in [1.165, 1.54) is 5.56 Å². The Balaban J connectivity index is 1.58. The first-order valence-corrected chi connectivity index (χ1v) is 9.24. The van der Waals surface area contributed by atoms with Crippen LogP contribution in [0, 0.1) is 0 Å². The lowest BCUT2D eigenvalue weighted by atomic mass is 10.0. The fraction of sp³-hybridized carbons (Fsp3) is 0.429. The highest BCUT2D eigenvalue weighted by molar-refractivity contribution is 5.94. The Kier molecular flexibility index (Phi) is 6.23. The maximum absolute atomic E-state index is 12.8. The van der Waals surface area contributed by atoms with Crippen molar-refractivity contribution in [3.05, 3.63) is 59.8 Å². The van der Waals surface area contributed by atoms with Crippen molar-refractivity contribution >= 4 is 5.91 Å². The van der Waals surface area contributed by atoms with Crippen LogP contribution in [0.15, 0.2) is 48.7 Å². The Morgan fingerprint density at radius 3 is 2.73 bits per heavy atom. The summed E-state index contributed by atoms with van der Waals surface area (Å²) in [7, 11) is 1.56. The Hall–Kier alpha value is -2.40. The third-order valence-electron chi connectivity index (χ3n) is 4.97. The molecule has 5 nitrogen and oxygen atoms in total. The summed E-state index contributed by atoms with van der Waals surface area (Å²) in [6.07, 6.45) is 2.62. The van der Waals surface area contributed by atoms with Crippen LogP contribution in [0.5, 0.6) is 5.88 Å². The van der Waals surface area contributed by atoms with E-state index in [2.05, 4.69) is 47.1 Å². The average Bonchev–Trinajstić information content (AvgIpc) is 2.93. The minimum Gasteiger partial charge on any atom is -0.481 e. The number of ether oxygens (including phenoxy) is 1. The van der Waals surface area contributed by atoms with Gasteiger partial charge in [0.25, 0.3) is 5.91 Å². The highest BCUT2D eigenvalue weighted by Crippen LogP contribution is 2.18. The number of hydrogen-bond donors (Lipinski definition) is 0. The second-order valence-corrected chi connectivity index (χ2v) is 6.84. The summed E-state index contributed by atoms with van der Waals surface area (Å²) in [6.45, 7) is 6.78. The zero-order valence-electron chi connectivity index (χ0n) is 15.6. The molecule has 1 unspecified atom stereocenters. The van der Waals surface area contributed by atoms with Gasteiger partial charge in [-0.15, -0.1) is 0 Å². The van der Waals surface area contributed by atoms with Gasteiger partial charge in [-0.1, -0.05) is 37.3 Å². The van der Waals surface area contributed by atoms with Gasteiger partial charge in [0.2, 0.25) is 5.88 Å². The summed E-state index contributed by atoms with van der Waals surface area (Å²) in [5.74, 6) is 1.02. The number of amides is 1. The van der Waals surface area contributed by atoms with Crippen LogP contribution < -0.4 is 4.74 Å². The van der Waals surface area contributed by atoms with Gasteiger partial charge in [-0.05, 0) is 30.5 Å². The second kappa shape index (κ2) is 8.81. The Labute approximate surface area is 155 Å². The molecule has 2 heterocycles.